The molecule has 1 aliphatic heterocycles. The van der Waals surface area contributed by atoms with E-state index in [0.29, 0.717) is 26.4 Å². The van der Waals surface area contributed by atoms with Gasteiger partial charge in [0.2, 0.25) is 0 Å². The number of rotatable bonds is 5. The fourth-order valence-corrected chi connectivity index (χ4v) is 2.02. The zero-order chi connectivity index (χ0) is 13.0. The Hall–Kier alpha value is -1.27. The zero-order valence-corrected chi connectivity index (χ0v) is 11.1. The average molecular weight is 254 g/mol. The third-order valence-electron chi connectivity index (χ3n) is 2.99. The topological polar surface area (TPSA) is 74.3 Å². The van der Waals surface area contributed by atoms with Crippen molar-refractivity contribution in [1.29, 1.82) is 0 Å². The van der Waals surface area contributed by atoms with Crippen LogP contribution in [0.15, 0.2) is 0 Å². The first-order valence-electron chi connectivity index (χ1n) is 6.48. The van der Waals surface area contributed by atoms with Gasteiger partial charge in [0.15, 0.2) is 0 Å². The number of nitrogens with one attached hydrogen (secondary N) is 1. The smallest absolute Gasteiger partial charge is 0.148 e. The predicted molar refractivity (Wildman–Crippen MR) is 70.7 cm³/mol. The van der Waals surface area contributed by atoms with Gasteiger partial charge in [-0.05, 0) is 13.3 Å². The molecule has 1 fully saturated rings. The van der Waals surface area contributed by atoms with Gasteiger partial charge in [-0.25, -0.2) is 4.68 Å². The average Bonchev–Trinajstić information content (AvgIpc) is 2.65. The molecule has 0 saturated carbocycles. The summed E-state index contributed by atoms with van der Waals surface area (Å²) in [6.07, 6.45) is 1.11. The molecule has 0 spiro atoms. The van der Waals surface area contributed by atoms with Crippen molar-refractivity contribution in [3.63, 3.8) is 0 Å². The molecule has 2 rings (SSSR count). The second-order valence-electron chi connectivity index (χ2n) is 4.52. The molecule has 102 valence electrons. The molecule has 0 amide bonds. The van der Waals surface area contributed by atoms with Gasteiger partial charge in [-0.15, -0.1) is 0 Å². The summed E-state index contributed by atoms with van der Waals surface area (Å²) in [5, 5.41) is 7.75. The Morgan fingerprint density at radius 2 is 2.33 bits per heavy atom. The van der Waals surface area contributed by atoms with Gasteiger partial charge in [0.05, 0.1) is 37.3 Å². The fourth-order valence-electron chi connectivity index (χ4n) is 2.02. The predicted octanol–water partition coefficient (Wildman–Crippen LogP) is 1.01. The number of nitrogen functional groups attached to an aromatic ring is 1. The lowest BCUT2D eigenvalue weighted by molar-refractivity contribution is -0.0819. The summed E-state index contributed by atoms with van der Waals surface area (Å²) >= 11 is 0. The Bertz CT molecular complexity index is 386. The first-order valence-corrected chi connectivity index (χ1v) is 6.48. The van der Waals surface area contributed by atoms with Crippen molar-refractivity contribution in [2.24, 2.45) is 0 Å². The number of aryl methyl sites for hydroxylation is 2. The van der Waals surface area contributed by atoms with Crippen LogP contribution in [0.4, 0.5) is 11.5 Å². The number of anilines is 2. The Labute approximate surface area is 107 Å². The highest BCUT2D eigenvalue weighted by Gasteiger charge is 2.17. The third kappa shape index (κ3) is 2.94. The summed E-state index contributed by atoms with van der Waals surface area (Å²) in [6.45, 7) is 7.58. The Morgan fingerprint density at radius 1 is 1.50 bits per heavy atom. The van der Waals surface area contributed by atoms with Gasteiger partial charge in [-0.1, -0.05) is 6.92 Å². The van der Waals surface area contributed by atoms with Crippen LogP contribution in [0, 0.1) is 6.92 Å². The minimum atomic E-state index is 0.0865. The standard InChI is InChI=1S/C12H22N4O2/c1-3-4-16-12(11(13)9(2)15-16)14-7-10-8-17-5-6-18-10/h10,14H,3-8,13H2,1-2H3. The number of aromatic nitrogens is 2. The lowest BCUT2D eigenvalue weighted by Gasteiger charge is -2.23. The fraction of sp³-hybridized carbons (Fsp3) is 0.750. The van der Waals surface area contributed by atoms with Gasteiger partial charge in [0.1, 0.15) is 5.82 Å². The van der Waals surface area contributed by atoms with Crippen LogP contribution in [0.2, 0.25) is 0 Å². The highest BCUT2D eigenvalue weighted by molar-refractivity contribution is 5.64. The summed E-state index contributed by atoms with van der Waals surface area (Å²) in [6, 6.07) is 0. The molecule has 6 heteroatoms. The molecule has 1 aromatic rings. The number of hydrogen-bond donors (Lipinski definition) is 2. The van der Waals surface area contributed by atoms with Gasteiger partial charge in [-0.2, -0.15) is 5.10 Å². The molecule has 1 saturated heterocycles. The van der Waals surface area contributed by atoms with E-state index < -0.39 is 0 Å². The molecule has 0 aromatic carbocycles. The normalized spacial score (nSPS) is 20.0. The first kappa shape index (κ1) is 13.2. The van der Waals surface area contributed by atoms with Crippen molar-refractivity contribution in [2.45, 2.75) is 32.9 Å². The molecule has 1 aliphatic rings. The number of ether oxygens (including phenoxy) is 2. The van der Waals surface area contributed by atoms with Gasteiger partial charge < -0.3 is 20.5 Å². The lowest BCUT2D eigenvalue weighted by Crippen LogP contribution is -2.34. The molecule has 1 unspecified atom stereocenters. The van der Waals surface area contributed by atoms with Crippen molar-refractivity contribution in [1.82, 2.24) is 9.78 Å². The second-order valence-corrected chi connectivity index (χ2v) is 4.52. The van der Waals surface area contributed by atoms with Crippen LogP contribution < -0.4 is 11.1 Å². The molecular formula is C12H22N4O2. The Balaban J connectivity index is 1.98. The molecule has 18 heavy (non-hydrogen) atoms. The molecule has 1 aromatic heterocycles. The van der Waals surface area contributed by atoms with E-state index in [9.17, 15) is 0 Å². The van der Waals surface area contributed by atoms with E-state index >= 15 is 0 Å². The monoisotopic (exact) mass is 254 g/mol. The Kier molecular flexibility index (Phi) is 4.43. The lowest BCUT2D eigenvalue weighted by atomic mass is 10.3. The van der Waals surface area contributed by atoms with Crippen molar-refractivity contribution < 1.29 is 9.47 Å². The quantitative estimate of drug-likeness (QED) is 0.820. The summed E-state index contributed by atoms with van der Waals surface area (Å²) in [4.78, 5) is 0. The van der Waals surface area contributed by atoms with Crippen LogP contribution in [0.3, 0.4) is 0 Å². The van der Waals surface area contributed by atoms with Crippen LogP contribution >= 0.6 is 0 Å². The summed E-state index contributed by atoms with van der Waals surface area (Å²) in [7, 11) is 0. The van der Waals surface area contributed by atoms with E-state index in [-0.39, 0.29) is 6.10 Å². The maximum atomic E-state index is 6.03. The van der Waals surface area contributed by atoms with Crippen molar-refractivity contribution in [3.8, 4) is 0 Å². The summed E-state index contributed by atoms with van der Waals surface area (Å²) < 4.78 is 12.9. The minimum Gasteiger partial charge on any atom is -0.394 e. The number of nitrogens with zero attached hydrogens (tertiary/aromatic N) is 2. The minimum absolute atomic E-state index is 0.0865. The maximum absolute atomic E-state index is 6.03. The van der Waals surface area contributed by atoms with E-state index in [1.807, 2.05) is 11.6 Å². The first-order chi connectivity index (χ1) is 8.72. The molecular weight excluding hydrogens is 232 g/mol. The van der Waals surface area contributed by atoms with Gasteiger partial charge in [0, 0.05) is 13.1 Å². The highest BCUT2D eigenvalue weighted by Crippen LogP contribution is 2.22. The van der Waals surface area contributed by atoms with Gasteiger partial charge in [0.25, 0.3) is 0 Å². The van der Waals surface area contributed by atoms with Crippen LogP contribution in [0.5, 0.6) is 0 Å². The van der Waals surface area contributed by atoms with E-state index in [4.69, 9.17) is 15.2 Å². The zero-order valence-electron chi connectivity index (χ0n) is 11.1. The SMILES string of the molecule is CCCn1nc(C)c(N)c1NCC1COCCO1. The number of nitrogens with two attached hydrogens (primary N) is 1. The van der Waals surface area contributed by atoms with Crippen LogP contribution in [-0.4, -0.2) is 42.2 Å². The highest BCUT2D eigenvalue weighted by atomic mass is 16.6. The van der Waals surface area contributed by atoms with Gasteiger partial charge in [-0.3, -0.25) is 0 Å². The summed E-state index contributed by atoms with van der Waals surface area (Å²) in [5.41, 5.74) is 7.62. The van der Waals surface area contributed by atoms with E-state index in [0.717, 1.165) is 30.2 Å². The Morgan fingerprint density at radius 3 is 3.00 bits per heavy atom. The molecule has 1 atom stereocenters. The molecule has 0 bridgehead atoms. The van der Waals surface area contributed by atoms with Crippen molar-refractivity contribution in [3.05, 3.63) is 5.69 Å². The molecule has 0 radical (unpaired) electrons. The molecule has 6 nitrogen and oxygen atoms in total. The molecule has 3 N–H and O–H groups in total. The molecule has 0 aliphatic carbocycles. The van der Waals surface area contributed by atoms with Crippen molar-refractivity contribution >= 4 is 11.5 Å². The van der Waals surface area contributed by atoms with Crippen LogP contribution in [0.1, 0.15) is 19.0 Å². The third-order valence-corrected chi connectivity index (χ3v) is 2.99. The largest absolute Gasteiger partial charge is 0.394 e. The molecule has 2 heterocycles. The maximum Gasteiger partial charge on any atom is 0.148 e. The van der Waals surface area contributed by atoms with E-state index in [2.05, 4.69) is 17.3 Å². The second kappa shape index (κ2) is 6.06. The van der Waals surface area contributed by atoms with Gasteiger partial charge >= 0.3 is 0 Å². The van der Waals surface area contributed by atoms with E-state index in [1.54, 1.807) is 0 Å². The van der Waals surface area contributed by atoms with Crippen LogP contribution in [-0.2, 0) is 16.0 Å². The number of hydrogen-bond acceptors (Lipinski definition) is 5. The van der Waals surface area contributed by atoms with Crippen LogP contribution in [0.25, 0.3) is 0 Å². The van der Waals surface area contributed by atoms with Crippen molar-refractivity contribution in [2.75, 3.05) is 37.4 Å². The van der Waals surface area contributed by atoms with E-state index in [1.165, 1.54) is 0 Å². The summed E-state index contributed by atoms with van der Waals surface area (Å²) in [5.74, 6) is 0.892.